The number of thioether (sulfide) groups is 1. The molecule has 1 aromatic rings. The van der Waals surface area contributed by atoms with Crippen molar-refractivity contribution in [1.29, 1.82) is 0 Å². The van der Waals surface area contributed by atoms with Crippen LogP contribution in [-0.2, 0) is 0 Å². The van der Waals surface area contributed by atoms with Crippen LogP contribution in [0.15, 0.2) is 12.1 Å². The monoisotopic (exact) mass is 269 g/mol. The first-order valence-electron chi connectivity index (χ1n) is 6.19. The lowest BCUT2D eigenvalue weighted by atomic mass is 10.2. The normalized spacial score (nSPS) is 12.5. The van der Waals surface area contributed by atoms with E-state index < -0.39 is 0 Å². The number of nitrogens with zero attached hydrogens (tertiary/aromatic N) is 1. The van der Waals surface area contributed by atoms with Gasteiger partial charge in [-0.1, -0.05) is 6.92 Å². The highest BCUT2D eigenvalue weighted by Crippen LogP contribution is 2.22. The van der Waals surface area contributed by atoms with Crippen molar-refractivity contribution in [2.75, 3.05) is 29.6 Å². The molecule has 102 valence electrons. The lowest BCUT2D eigenvalue weighted by Crippen LogP contribution is -2.15. The molecule has 4 nitrogen and oxygen atoms in total. The van der Waals surface area contributed by atoms with E-state index in [1.807, 2.05) is 37.7 Å². The zero-order valence-electron chi connectivity index (χ0n) is 11.6. The zero-order valence-corrected chi connectivity index (χ0v) is 12.4. The number of anilines is 2. The Morgan fingerprint density at radius 2 is 2.11 bits per heavy atom. The molecule has 0 amide bonds. The molecule has 0 bridgehead atoms. The second kappa shape index (κ2) is 7.36. The number of nitrogens with two attached hydrogens (primary N) is 1. The Morgan fingerprint density at radius 3 is 2.72 bits per heavy atom. The van der Waals surface area contributed by atoms with Gasteiger partial charge in [0.25, 0.3) is 0 Å². The minimum atomic E-state index is 0.0745. The van der Waals surface area contributed by atoms with Crippen molar-refractivity contribution < 1.29 is 4.74 Å². The van der Waals surface area contributed by atoms with Crippen molar-refractivity contribution >= 4 is 23.3 Å². The van der Waals surface area contributed by atoms with Crippen LogP contribution < -0.4 is 15.8 Å². The average molecular weight is 269 g/mol. The summed E-state index contributed by atoms with van der Waals surface area (Å²) in [6.07, 6.45) is 2.19. The van der Waals surface area contributed by atoms with Gasteiger partial charge in [-0.15, -0.1) is 0 Å². The summed E-state index contributed by atoms with van der Waals surface area (Å²) in [5.74, 6) is 3.06. The van der Waals surface area contributed by atoms with Gasteiger partial charge in [0.2, 0.25) is 5.88 Å². The van der Waals surface area contributed by atoms with E-state index in [9.17, 15) is 0 Å². The average Bonchev–Trinajstić information content (AvgIpc) is 2.30. The number of ether oxygens (including phenoxy) is 1. The largest absolute Gasteiger partial charge is 0.473 e. The summed E-state index contributed by atoms with van der Waals surface area (Å²) >= 11 is 1.85. The highest BCUT2D eigenvalue weighted by molar-refractivity contribution is 7.98. The molecule has 0 aliphatic heterocycles. The fraction of sp³-hybridized carbons (Fsp3) is 0.615. The highest BCUT2D eigenvalue weighted by atomic mass is 32.2. The number of nitrogens with one attached hydrogen (secondary N) is 1. The number of pyridine rings is 1. The standard InChI is InChI=1S/C13H23N3OS/c1-9(2)17-13-11(14)5-6-12(16-13)15-7-10(3)8-18-4/h5-6,9-10H,7-8,14H2,1-4H3,(H,15,16). The molecule has 3 N–H and O–H groups in total. The predicted molar refractivity (Wildman–Crippen MR) is 80.4 cm³/mol. The van der Waals surface area contributed by atoms with Crippen molar-refractivity contribution in [2.45, 2.75) is 26.9 Å². The van der Waals surface area contributed by atoms with Gasteiger partial charge in [0.15, 0.2) is 0 Å². The maximum absolute atomic E-state index is 5.82. The van der Waals surface area contributed by atoms with Gasteiger partial charge >= 0.3 is 0 Å². The van der Waals surface area contributed by atoms with E-state index in [2.05, 4.69) is 23.5 Å². The van der Waals surface area contributed by atoms with Crippen LogP contribution in [0.1, 0.15) is 20.8 Å². The van der Waals surface area contributed by atoms with Gasteiger partial charge in [-0.2, -0.15) is 16.7 Å². The molecule has 0 fully saturated rings. The first-order chi connectivity index (χ1) is 8.52. The fourth-order valence-electron chi connectivity index (χ4n) is 1.49. The van der Waals surface area contributed by atoms with Crippen LogP contribution in [0.2, 0.25) is 0 Å². The summed E-state index contributed by atoms with van der Waals surface area (Å²) in [5, 5.41) is 3.31. The van der Waals surface area contributed by atoms with Gasteiger partial charge in [-0.3, -0.25) is 0 Å². The Labute approximate surface area is 114 Å². The van der Waals surface area contributed by atoms with Crippen LogP contribution in [0.25, 0.3) is 0 Å². The van der Waals surface area contributed by atoms with E-state index in [0.29, 0.717) is 17.5 Å². The molecule has 5 heteroatoms. The predicted octanol–water partition coefficient (Wildman–Crippen LogP) is 2.86. The SMILES string of the molecule is CSCC(C)CNc1ccc(N)c(OC(C)C)n1. The molecule has 0 spiro atoms. The molecule has 1 heterocycles. The Morgan fingerprint density at radius 1 is 1.39 bits per heavy atom. The van der Waals surface area contributed by atoms with Crippen LogP contribution >= 0.6 is 11.8 Å². The summed E-state index contributed by atoms with van der Waals surface area (Å²) < 4.78 is 5.56. The van der Waals surface area contributed by atoms with Crippen molar-refractivity contribution in [2.24, 2.45) is 5.92 Å². The Balaban J connectivity index is 2.61. The quantitative estimate of drug-likeness (QED) is 0.797. The van der Waals surface area contributed by atoms with Gasteiger partial charge in [-0.25, -0.2) is 0 Å². The van der Waals surface area contributed by atoms with Crippen LogP contribution in [-0.4, -0.2) is 29.6 Å². The van der Waals surface area contributed by atoms with Crippen molar-refractivity contribution in [1.82, 2.24) is 4.98 Å². The third kappa shape index (κ3) is 5.04. The number of hydrogen-bond acceptors (Lipinski definition) is 5. The molecular weight excluding hydrogens is 246 g/mol. The molecule has 0 saturated heterocycles. The van der Waals surface area contributed by atoms with E-state index >= 15 is 0 Å². The third-order valence-electron chi connectivity index (χ3n) is 2.32. The molecule has 0 saturated carbocycles. The smallest absolute Gasteiger partial charge is 0.239 e. The summed E-state index contributed by atoms with van der Waals surface area (Å²) in [5.41, 5.74) is 6.40. The molecule has 1 aromatic heterocycles. The van der Waals surface area contributed by atoms with Gasteiger partial charge in [0.05, 0.1) is 11.8 Å². The van der Waals surface area contributed by atoms with Gasteiger partial charge in [0.1, 0.15) is 5.82 Å². The second-order valence-electron chi connectivity index (χ2n) is 4.70. The molecule has 1 atom stereocenters. The minimum absolute atomic E-state index is 0.0745. The molecule has 0 aliphatic carbocycles. The fourth-order valence-corrected chi connectivity index (χ4v) is 2.18. The van der Waals surface area contributed by atoms with Gasteiger partial charge < -0.3 is 15.8 Å². The third-order valence-corrected chi connectivity index (χ3v) is 3.22. The highest BCUT2D eigenvalue weighted by Gasteiger charge is 2.07. The lowest BCUT2D eigenvalue weighted by Gasteiger charge is -2.15. The maximum Gasteiger partial charge on any atom is 0.239 e. The topological polar surface area (TPSA) is 60.2 Å². The summed E-state index contributed by atoms with van der Waals surface area (Å²) in [7, 11) is 0. The molecule has 1 unspecified atom stereocenters. The zero-order chi connectivity index (χ0) is 13.5. The lowest BCUT2D eigenvalue weighted by molar-refractivity contribution is 0.234. The van der Waals surface area contributed by atoms with E-state index in [-0.39, 0.29) is 6.10 Å². The van der Waals surface area contributed by atoms with E-state index in [4.69, 9.17) is 10.5 Å². The summed E-state index contributed by atoms with van der Waals surface area (Å²) in [6, 6.07) is 3.71. The first-order valence-corrected chi connectivity index (χ1v) is 7.58. The molecule has 18 heavy (non-hydrogen) atoms. The molecule has 0 aliphatic rings. The maximum atomic E-state index is 5.82. The molecular formula is C13H23N3OS. The molecule has 1 rings (SSSR count). The minimum Gasteiger partial charge on any atom is -0.473 e. The van der Waals surface area contributed by atoms with Gasteiger partial charge in [-0.05, 0) is 43.9 Å². The van der Waals surface area contributed by atoms with Crippen LogP contribution in [0.4, 0.5) is 11.5 Å². The van der Waals surface area contributed by atoms with Crippen molar-refractivity contribution in [3.63, 3.8) is 0 Å². The van der Waals surface area contributed by atoms with Crippen molar-refractivity contribution in [3.05, 3.63) is 12.1 Å². The Hall–Kier alpha value is -1.10. The van der Waals surface area contributed by atoms with E-state index in [0.717, 1.165) is 18.1 Å². The summed E-state index contributed by atoms with van der Waals surface area (Å²) in [4.78, 5) is 4.38. The first kappa shape index (κ1) is 15.0. The number of aromatic nitrogens is 1. The molecule has 0 aromatic carbocycles. The second-order valence-corrected chi connectivity index (χ2v) is 5.61. The Bertz CT molecular complexity index is 371. The number of hydrogen-bond donors (Lipinski definition) is 2. The van der Waals surface area contributed by atoms with E-state index in [1.165, 1.54) is 0 Å². The Kier molecular flexibility index (Phi) is 6.12. The van der Waals surface area contributed by atoms with Gasteiger partial charge in [0, 0.05) is 6.54 Å². The van der Waals surface area contributed by atoms with Crippen LogP contribution in [0.3, 0.4) is 0 Å². The molecule has 0 radical (unpaired) electrons. The number of nitrogen functional groups attached to an aromatic ring is 1. The van der Waals surface area contributed by atoms with Crippen molar-refractivity contribution in [3.8, 4) is 5.88 Å². The van der Waals surface area contributed by atoms with Crippen LogP contribution in [0.5, 0.6) is 5.88 Å². The van der Waals surface area contributed by atoms with Crippen LogP contribution in [0, 0.1) is 5.92 Å². The van der Waals surface area contributed by atoms with E-state index in [1.54, 1.807) is 0 Å². The summed E-state index contributed by atoms with van der Waals surface area (Å²) in [6.45, 7) is 7.04. The number of rotatable bonds is 7.